The van der Waals surface area contributed by atoms with E-state index in [1.54, 1.807) is 4.90 Å². The van der Waals surface area contributed by atoms with Crippen LogP contribution in [0.5, 0.6) is 0 Å². The van der Waals surface area contributed by atoms with Crippen LogP contribution in [0.3, 0.4) is 0 Å². The van der Waals surface area contributed by atoms with E-state index >= 15 is 0 Å². The lowest BCUT2D eigenvalue weighted by atomic mass is 10.1. The summed E-state index contributed by atoms with van der Waals surface area (Å²) in [5, 5.41) is 7.49. The van der Waals surface area contributed by atoms with Crippen LogP contribution in [0.25, 0.3) is 0 Å². The molecule has 0 saturated carbocycles. The number of amides is 2. The standard InChI is InChI=1S/C15H28N4O/c1-7-11(3)16-15(20)18(6)10-9-14-12(4)17-19(8-2)13(14)5/h11H,7-10H2,1-6H3,(H,16,20)/t11-/m0/s1. The van der Waals surface area contributed by atoms with Gasteiger partial charge in [0.05, 0.1) is 5.69 Å². The van der Waals surface area contributed by atoms with Crippen LogP contribution < -0.4 is 5.32 Å². The van der Waals surface area contributed by atoms with Crippen LogP contribution >= 0.6 is 0 Å². The van der Waals surface area contributed by atoms with Crippen LogP contribution in [0.15, 0.2) is 0 Å². The molecule has 1 N–H and O–H groups in total. The van der Waals surface area contributed by atoms with Gasteiger partial charge < -0.3 is 10.2 Å². The van der Waals surface area contributed by atoms with E-state index in [0.29, 0.717) is 6.54 Å². The molecule has 5 heteroatoms. The summed E-state index contributed by atoms with van der Waals surface area (Å²) in [6, 6.07) is 0.216. The monoisotopic (exact) mass is 280 g/mol. The van der Waals surface area contributed by atoms with Gasteiger partial charge in [0.1, 0.15) is 0 Å². The summed E-state index contributed by atoms with van der Waals surface area (Å²) >= 11 is 0. The number of nitrogens with one attached hydrogen (secondary N) is 1. The Morgan fingerprint density at radius 2 is 2.05 bits per heavy atom. The number of carbonyl (C=O) groups is 1. The predicted octanol–water partition coefficient (Wildman–Crippen LogP) is 2.50. The third kappa shape index (κ3) is 3.99. The topological polar surface area (TPSA) is 50.2 Å². The van der Waals surface area contributed by atoms with Crippen LogP contribution in [0.2, 0.25) is 0 Å². The third-order valence-corrected chi connectivity index (χ3v) is 3.86. The maximum atomic E-state index is 12.0. The molecule has 1 heterocycles. The van der Waals surface area contributed by atoms with E-state index in [1.165, 1.54) is 11.3 Å². The first-order valence-electron chi connectivity index (χ1n) is 7.45. The summed E-state index contributed by atoms with van der Waals surface area (Å²) < 4.78 is 2.02. The SMILES string of the molecule is CC[C@H](C)NC(=O)N(C)CCc1c(C)nn(CC)c1C. The molecular formula is C15H28N4O. The second-order valence-electron chi connectivity index (χ2n) is 5.40. The summed E-state index contributed by atoms with van der Waals surface area (Å²) in [7, 11) is 1.84. The fourth-order valence-corrected chi connectivity index (χ4v) is 2.21. The quantitative estimate of drug-likeness (QED) is 0.870. The van der Waals surface area contributed by atoms with E-state index in [4.69, 9.17) is 0 Å². The Labute approximate surface area is 122 Å². The zero-order chi connectivity index (χ0) is 15.3. The van der Waals surface area contributed by atoms with Gasteiger partial charge in [-0.2, -0.15) is 5.10 Å². The Kier molecular flexibility index (Phi) is 6.05. The van der Waals surface area contributed by atoms with Gasteiger partial charge in [-0.15, -0.1) is 0 Å². The van der Waals surface area contributed by atoms with Crippen LogP contribution in [-0.4, -0.2) is 40.3 Å². The summed E-state index contributed by atoms with van der Waals surface area (Å²) in [4.78, 5) is 13.7. The molecular weight excluding hydrogens is 252 g/mol. The average Bonchev–Trinajstić information content (AvgIpc) is 2.70. The maximum Gasteiger partial charge on any atom is 0.317 e. The molecule has 0 fully saturated rings. The number of carbonyl (C=O) groups excluding carboxylic acids is 1. The molecule has 1 atom stereocenters. The highest BCUT2D eigenvalue weighted by Crippen LogP contribution is 2.14. The molecule has 0 radical (unpaired) electrons. The van der Waals surface area contributed by atoms with Gasteiger partial charge in [0.2, 0.25) is 0 Å². The molecule has 1 rings (SSSR count). The summed E-state index contributed by atoms with van der Waals surface area (Å²) in [5.74, 6) is 0. The Bertz CT molecular complexity index is 453. The molecule has 1 aromatic rings. The van der Waals surface area contributed by atoms with E-state index in [0.717, 1.165) is 25.1 Å². The van der Waals surface area contributed by atoms with Crippen molar-refractivity contribution in [2.45, 2.75) is 60.0 Å². The molecule has 5 nitrogen and oxygen atoms in total. The predicted molar refractivity (Wildman–Crippen MR) is 82.0 cm³/mol. The van der Waals surface area contributed by atoms with Gasteiger partial charge in [-0.25, -0.2) is 4.79 Å². The van der Waals surface area contributed by atoms with Gasteiger partial charge >= 0.3 is 6.03 Å². The normalized spacial score (nSPS) is 12.3. The van der Waals surface area contributed by atoms with E-state index < -0.39 is 0 Å². The highest BCUT2D eigenvalue weighted by Gasteiger charge is 2.14. The molecule has 114 valence electrons. The van der Waals surface area contributed by atoms with Gasteiger partial charge in [0, 0.05) is 31.9 Å². The molecule has 0 aliphatic carbocycles. The average molecular weight is 280 g/mol. The van der Waals surface area contributed by atoms with Gasteiger partial charge in [-0.1, -0.05) is 6.92 Å². The Hall–Kier alpha value is -1.52. The van der Waals surface area contributed by atoms with Crippen molar-refractivity contribution < 1.29 is 4.79 Å². The Balaban J connectivity index is 2.59. The molecule has 1 aromatic heterocycles. The van der Waals surface area contributed by atoms with Crippen LogP contribution in [0, 0.1) is 13.8 Å². The fraction of sp³-hybridized carbons (Fsp3) is 0.733. The minimum absolute atomic E-state index is 0.00228. The van der Waals surface area contributed by atoms with Gasteiger partial charge in [-0.3, -0.25) is 4.68 Å². The lowest BCUT2D eigenvalue weighted by Crippen LogP contribution is -2.42. The summed E-state index contributed by atoms with van der Waals surface area (Å²) in [5.41, 5.74) is 3.54. The van der Waals surface area contributed by atoms with Gasteiger partial charge in [0.15, 0.2) is 0 Å². The van der Waals surface area contributed by atoms with E-state index in [2.05, 4.69) is 31.2 Å². The van der Waals surface area contributed by atoms with E-state index in [-0.39, 0.29) is 12.1 Å². The number of rotatable bonds is 6. The van der Waals surface area contributed by atoms with E-state index in [1.807, 2.05) is 25.6 Å². The van der Waals surface area contributed by atoms with E-state index in [9.17, 15) is 4.79 Å². The van der Waals surface area contributed by atoms with Crippen molar-refractivity contribution in [2.24, 2.45) is 0 Å². The first-order valence-corrected chi connectivity index (χ1v) is 7.45. The minimum Gasteiger partial charge on any atom is -0.336 e. The number of aryl methyl sites for hydroxylation is 2. The second-order valence-corrected chi connectivity index (χ2v) is 5.40. The largest absolute Gasteiger partial charge is 0.336 e. The zero-order valence-corrected chi connectivity index (χ0v) is 13.7. The molecule has 0 spiro atoms. The molecule has 0 unspecified atom stereocenters. The molecule has 0 aliphatic rings. The number of urea groups is 1. The number of likely N-dealkylation sites (N-methyl/N-ethyl adjacent to an activating group) is 1. The highest BCUT2D eigenvalue weighted by molar-refractivity contribution is 5.74. The lowest BCUT2D eigenvalue weighted by molar-refractivity contribution is 0.205. The number of nitrogens with zero attached hydrogens (tertiary/aromatic N) is 3. The van der Waals surface area contributed by atoms with Crippen molar-refractivity contribution >= 4 is 6.03 Å². The van der Waals surface area contributed by atoms with Crippen molar-refractivity contribution in [3.05, 3.63) is 17.0 Å². The molecule has 20 heavy (non-hydrogen) atoms. The van der Waals surface area contributed by atoms with Crippen molar-refractivity contribution in [2.75, 3.05) is 13.6 Å². The maximum absolute atomic E-state index is 12.0. The van der Waals surface area contributed by atoms with Crippen molar-refractivity contribution in [3.8, 4) is 0 Å². The lowest BCUT2D eigenvalue weighted by Gasteiger charge is -2.20. The zero-order valence-electron chi connectivity index (χ0n) is 13.7. The van der Waals surface area contributed by atoms with Crippen LogP contribution in [-0.2, 0) is 13.0 Å². The van der Waals surface area contributed by atoms with Crippen LogP contribution in [0.4, 0.5) is 4.79 Å². The van der Waals surface area contributed by atoms with Gasteiger partial charge in [-0.05, 0) is 46.1 Å². The summed E-state index contributed by atoms with van der Waals surface area (Å²) in [6.07, 6.45) is 1.79. The molecule has 0 aromatic carbocycles. The first kappa shape index (κ1) is 16.5. The van der Waals surface area contributed by atoms with Crippen molar-refractivity contribution in [1.29, 1.82) is 0 Å². The molecule has 0 saturated heterocycles. The second kappa shape index (κ2) is 7.31. The first-order chi connectivity index (χ1) is 9.40. The Morgan fingerprint density at radius 1 is 1.40 bits per heavy atom. The highest BCUT2D eigenvalue weighted by atomic mass is 16.2. The van der Waals surface area contributed by atoms with Crippen LogP contribution in [0.1, 0.15) is 44.1 Å². The third-order valence-electron chi connectivity index (χ3n) is 3.86. The van der Waals surface area contributed by atoms with Crippen molar-refractivity contribution in [1.82, 2.24) is 20.0 Å². The number of hydrogen-bond acceptors (Lipinski definition) is 2. The van der Waals surface area contributed by atoms with Crippen molar-refractivity contribution in [3.63, 3.8) is 0 Å². The minimum atomic E-state index is -0.00228. The number of aromatic nitrogens is 2. The molecule has 2 amide bonds. The number of hydrogen-bond donors (Lipinski definition) is 1. The molecule has 0 bridgehead atoms. The smallest absolute Gasteiger partial charge is 0.317 e. The summed E-state index contributed by atoms with van der Waals surface area (Å²) in [6.45, 7) is 11.9. The molecule has 0 aliphatic heterocycles. The van der Waals surface area contributed by atoms with Gasteiger partial charge in [0.25, 0.3) is 0 Å². The Morgan fingerprint density at radius 3 is 2.55 bits per heavy atom. The fourth-order valence-electron chi connectivity index (χ4n) is 2.21.